The number of urea groups is 1. The monoisotopic (exact) mass is 434 g/mol. The van der Waals surface area contributed by atoms with Gasteiger partial charge in [0, 0.05) is 11.6 Å². The van der Waals surface area contributed by atoms with Gasteiger partial charge in [-0.25, -0.2) is 4.79 Å². The predicted octanol–water partition coefficient (Wildman–Crippen LogP) is 4.21. The van der Waals surface area contributed by atoms with E-state index in [2.05, 4.69) is 5.32 Å². The maximum absolute atomic E-state index is 12.8. The minimum Gasteiger partial charge on any atom is -0.493 e. The van der Waals surface area contributed by atoms with Gasteiger partial charge in [-0.1, -0.05) is 29.3 Å². The fourth-order valence-corrected chi connectivity index (χ4v) is 3.34. The molecule has 2 heterocycles. The molecular weight excluding hydrogens is 419 g/mol. The van der Waals surface area contributed by atoms with Crippen molar-refractivity contribution in [3.63, 3.8) is 0 Å². The van der Waals surface area contributed by atoms with Crippen LogP contribution >= 0.6 is 23.2 Å². The number of rotatable bonds is 5. The van der Waals surface area contributed by atoms with Gasteiger partial charge in [0.05, 0.1) is 23.2 Å². The van der Waals surface area contributed by atoms with Crippen molar-refractivity contribution in [3.8, 4) is 17.2 Å². The lowest BCUT2D eigenvalue weighted by molar-refractivity contribution is -0.123. The number of hydrogen-bond acceptors (Lipinski definition) is 5. The van der Waals surface area contributed by atoms with E-state index < -0.39 is 11.9 Å². The molecule has 0 unspecified atom stereocenters. The Hall–Kier alpha value is -2.90. The maximum Gasteiger partial charge on any atom is 0.329 e. The van der Waals surface area contributed by atoms with E-state index in [0.717, 1.165) is 4.90 Å². The van der Waals surface area contributed by atoms with Crippen LogP contribution in [0.5, 0.6) is 17.2 Å². The molecule has 0 spiro atoms. The lowest BCUT2D eigenvalue weighted by atomic mass is 10.1. The first-order valence-electron chi connectivity index (χ1n) is 8.81. The van der Waals surface area contributed by atoms with Gasteiger partial charge < -0.3 is 19.5 Å². The van der Waals surface area contributed by atoms with Crippen LogP contribution in [-0.4, -0.2) is 30.2 Å². The number of nitrogens with zero attached hydrogens (tertiary/aromatic N) is 1. The Balaban J connectivity index is 1.61. The van der Waals surface area contributed by atoms with Crippen molar-refractivity contribution >= 4 is 41.2 Å². The molecule has 1 fully saturated rings. The largest absolute Gasteiger partial charge is 0.493 e. The number of fused-ring (bicyclic) bond motifs is 1. The first kappa shape index (κ1) is 19.4. The zero-order chi connectivity index (χ0) is 20.5. The summed E-state index contributed by atoms with van der Waals surface area (Å²) in [6, 6.07) is 7.84. The van der Waals surface area contributed by atoms with Crippen LogP contribution < -0.4 is 19.5 Å². The number of halogens is 2. The Morgan fingerprint density at radius 3 is 2.62 bits per heavy atom. The molecule has 150 valence electrons. The number of nitrogens with one attached hydrogen (secondary N) is 1. The van der Waals surface area contributed by atoms with Gasteiger partial charge in [-0.05, 0) is 36.8 Å². The summed E-state index contributed by atoms with van der Waals surface area (Å²) < 4.78 is 16.4. The average Bonchev–Trinajstić information content (AvgIpc) is 3.24. The van der Waals surface area contributed by atoms with Crippen molar-refractivity contribution in [2.24, 2.45) is 0 Å². The van der Waals surface area contributed by atoms with Gasteiger partial charge in [0.1, 0.15) is 11.4 Å². The summed E-state index contributed by atoms with van der Waals surface area (Å²) in [6.45, 7) is 2.47. The van der Waals surface area contributed by atoms with Crippen molar-refractivity contribution in [3.05, 3.63) is 57.2 Å². The van der Waals surface area contributed by atoms with Crippen molar-refractivity contribution in [2.75, 3.05) is 13.4 Å². The van der Waals surface area contributed by atoms with Gasteiger partial charge in [-0.15, -0.1) is 0 Å². The first-order valence-corrected chi connectivity index (χ1v) is 9.56. The number of imide groups is 1. The third-order valence-corrected chi connectivity index (χ3v) is 5.13. The van der Waals surface area contributed by atoms with E-state index >= 15 is 0 Å². The Morgan fingerprint density at radius 1 is 1.14 bits per heavy atom. The molecule has 0 bridgehead atoms. The number of carbonyl (C=O) groups is 2. The molecule has 3 amide bonds. The second-order valence-corrected chi connectivity index (χ2v) is 7.12. The van der Waals surface area contributed by atoms with Crippen LogP contribution in [0.4, 0.5) is 4.79 Å². The predicted molar refractivity (Wildman–Crippen MR) is 107 cm³/mol. The molecule has 1 N–H and O–H groups in total. The molecule has 2 aliphatic rings. The Kier molecular flexibility index (Phi) is 5.25. The van der Waals surface area contributed by atoms with Crippen LogP contribution in [0.2, 0.25) is 10.0 Å². The average molecular weight is 435 g/mol. The summed E-state index contributed by atoms with van der Waals surface area (Å²) in [6.07, 6.45) is 1.56. The van der Waals surface area contributed by atoms with Crippen LogP contribution in [0.15, 0.2) is 36.0 Å². The highest BCUT2D eigenvalue weighted by atomic mass is 35.5. The molecule has 4 rings (SSSR count). The van der Waals surface area contributed by atoms with Crippen LogP contribution in [0, 0.1) is 0 Å². The van der Waals surface area contributed by atoms with Crippen LogP contribution in [0.1, 0.15) is 18.1 Å². The lowest BCUT2D eigenvalue weighted by Crippen LogP contribution is -2.30. The summed E-state index contributed by atoms with van der Waals surface area (Å²) in [5.74, 6) is 1.18. The number of benzene rings is 2. The van der Waals surface area contributed by atoms with Crippen molar-refractivity contribution < 1.29 is 23.8 Å². The summed E-state index contributed by atoms with van der Waals surface area (Å²) in [5, 5.41) is 3.35. The van der Waals surface area contributed by atoms with Gasteiger partial charge in [0.15, 0.2) is 11.5 Å². The smallest absolute Gasteiger partial charge is 0.329 e. The Morgan fingerprint density at radius 2 is 1.90 bits per heavy atom. The maximum atomic E-state index is 12.8. The SMILES string of the molecule is CCOc1cc2c(cc1/C=C1/NC(=O)N(Cc3ccc(Cl)c(Cl)c3)C1=O)OCO2. The molecule has 0 radical (unpaired) electrons. The molecule has 2 aliphatic heterocycles. The normalized spacial score (nSPS) is 16.5. The zero-order valence-corrected chi connectivity index (χ0v) is 16.8. The number of ether oxygens (including phenoxy) is 3. The third-order valence-electron chi connectivity index (χ3n) is 4.39. The molecule has 29 heavy (non-hydrogen) atoms. The fourth-order valence-electron chi connectivity index (χ4n) is 3.02. The van der Waals surface area contributed by atoms with E-state index in [1.165, 1.54) is 0 Å². The van der Waals surface area contributed by atoms with E-state index in [0.29, 0.717) is 45.0 Å². The first-order chi connectivity index (χ1) is 14.0. The van der Waals surface area contributed by atoms with Gasteiger partial charge >= 0.3 is 6.03 Å². The summed E-state index contributed by atoms with van der Waals surface area (Å²) in [7, 11) is 0. The minimum absolute atomic E-state index is 0.0678. The topological polar surface area (TPSA) is 77.1 Å². The Bertz CT molecular complexity index is 1040. The van der Waals surface area contributed by atoms with E-state index in [9.17, 15) is 9.59 Å². The molecule has 2 aromatic rings. The van der Waals surface area contributed by atoms with E-state index in [-0.39, 0.29) is 19.0 Å². The highest BCUT2D eigenvalue weighted by Crippen LogP contribution is 2.39. The third kappa shape index (κ3) is 3.83. The second-order valence-electron chi connectivity index (χ2n) is 6.30. The quantitative estimate of drug-likeness (QED) is 0.563. The van der Waals surface area contributed by atoms with Crippen molar-refractivity contribution in [1.82, 2.24) is 10.2 Å². The highest BCUT2D eigenvalue weighted by Gasteiger charge is 2.34. The number of carbonyl (C=O) groups excluding carboxylic acids is 2. The lowest BCUT2D eigenvalue weighted by Gasteiger charge is -2.12. The van der Waals surface area contributed by atoms with Gasteiger partial charge in [-0.2, -0.15) is 0 Å². The van der Waals surface area contributed by atoms with Gasteiger partial charge in [0.2, 0.25) is 6.79 Å². The van der Waals surface area contributed by atoms with Crippen LogP contribution in [-0.2, 0) is 11.3 Å². The van der Waals surface area contributed by atoms with Gasteiger partial charge in [-0.3, -0.25) is 9.69 Å². The fraction of sp³-hybridized carbons (Fsp3) is 0.200. The summed E-state index contributed by atoms with van der Waals surface area (Å²) in [5.41, 5.74) is 1.41. The minimum atomic E-state index is -0.522. The molecule has 2 aromatic carbocycles. The standard InChI is InChI=1S/C20H16Cl2N2O5/c1-2-27-16-8-18-17(28-10-29-18)7-12(16)6-15-19(25)24(20(26)23-15)9-11-3-4-13(21)14(22)5-11/h3-8H,2,9-10H2,1H3,(H,23,26)/b15-6+. The van der Waals surface area contributed by atoms with Crippen LogP contribution in [0.3, 0.4) is 0 Å². The Labute approximate surface area is 176 Å². The van der Waals surface area contributed by atoms with Crippen LogP contribution in [0.25, 0.3) is 6.08 Å². The number of amides is 3. The van der Waals surface area contributed by atoms with E-state index in [1.54, 1.807) is 36.4 Å². The molecule has 0 saturated carbocycles. The summed E-state index contributed by atoms with van der Waals surface area (Å²) >= 11 is 11.9. The molecule has 9 heteroatoms. The molecular formula is C20H16Cl2N2O5. The van der Waals surface area contributed by atoms with E-state index in [1.807, 2.05) is 6.92 Å². The number of hydrogen-bond donors (Lipinski definition) is 1. The molecule has 0 aliphatic carbocycles. The highest BCUT2D eigenvalue weighted by molar-refractivity contribution is 6.42. The molecule has 0 aromatic heterocycles. The summed E-state index contributed by atoms with van der Waals surface area (Å²) in [4.78, 5) is 26.3. The molecule has 0 atom stereocenters. The molecule has 1 saturated heterocycles. The van der Waals surface area contributed by atoms with Gasteiger partial charge in [0.25, 0.3) is 5.91 Å². The van der Waals surface area contributed by atoms with Crippen molar-refractivity contribution in [1.29, 1.82) is 0 Å². The van der Waals surface area contributed by atoms with Crippen molar-refractivity contribution in [2.45, 2.75) is 13.5 Å². The van der Waals surface area contributed by atoms with E-state index in [4.69, 9.17) is 37.4 Å². The molecule has 7 nitrogen and oxygen atoms in total. The zero-order valence-electron chi connectivity index (χ0n) is 15.3. The second kappa shape index (κ2) is 7.85.